The number of nitrogens with one attached hydrogen (secondary N) is 1. The van der Waals surface area contributed by atoms with Gasteiger partial charge in [0, 0.05) is 12.4 Å². The molecule has 0 unspecified atom stereocenters. The van der Waals surface area contributed by atoms with Crippen molar-refractivity contribution in [1.82, 2.24) is 4.98 Å². The largest absolute Gasteiger partial charge is 0.417 e. The highest BCUT2D eigenvalue weighted by Crippen LogP contribution is 2.32. The van der Waals surface area contributed by atoms with E-state index in [0.717, 1.165) is 11.6 Å². The number of hydrazone groups is 1. The predicted molar refractivity (Wildman–Crippen MR) is 81.8 cm³/mol. The summed E-state index contributed by atoms with van der Waals surface area (Å²) in [4.78, 5) is 3.60. The lowest BCUT2D eigenvalue weighted by molar-refractivity contribution is -0.137. The van der Waals surface area contributed by atoms with E-state index in [2.05, 4.69) is 15.5 Å². The number of rotatable bonds is 4. The highest BCUT2D eigenvalue weighted by atomic mass is 35.5. The SMILES string of the molecule is FC(F)(F)c1cnc(N/N=C/C=C/c2ccccc2)c(Cl)c1. The maximum Gasteiger partial charge on any atom is 0.417 e. The Bertz CT molecular complexity index is 682. The number of halogens is 4. The second kappa shape index (κ2) is 7.09. The number of hydrogen-bond donors (Lipinski definition) is 1. The van der Waals surface area contributed by atoms with Crippen LogP contribution in [-0.4, -0.2) is 11.2 Å². The zero-order valence-electron chi connectivity index (χ0n) is 11.2. The number of nitrogens with zero attached hydrogens (tertiary/aromatic N) is 2. The Balaban J connectivity index is 1.97. The first-order chi connectivity index (χ1) is 10.5. The standard InChI is InChI=1S/C15H11ClF3N3/c16-13-9-12(15(17,18)19)10-20-14(13)22-21-8-4-7-11-5-2-1-3-6-11/h1-10H,(H,20,22)/b7-4+,21-8+. The number of anilines is 1. The molecule has 0 fully saturated rings. The van der Waals surface area contributed by atoms with Crippen molar-refractivity contribution in [1.29, 1.82) is 0 Å². The molecule has 0 bridgehead atoms. The molecule has 1 heterocycles. The fourth-order valence-electron chi connectivity index (χ4n) is 1.53. The quantitative estimate of drug-likeness (QED) is 0.643. The van der Waals surface area contributed by atoms with Crippen molar-refractivity contribution >= 4 is 29.7 Å². The average molecular weight is 326 g/mol. The van der Waals surface area contributed by atoms with E-state index in [1.807, 2.05) is 36.4 Å². The Hall–Kier alpha value is -2.34. The average Bonchev–Trinajstić information content (AvgIpc) is 2.48. The van der Waals surface area contributed by atoms with Gasteiger partial charge in [0.25, 0.3) is 0 Å². The number of allylic oxidation sites excluding steroid dienone is 1. The van der Waals surface area contributed by atoms with Crippen molar-refractivity contribution in [3.05, 3.63) is 64.8 Å². The summed E-state index contributed by atoms with van der Waals surface area (Å²) in [5.74, 6) is 0.0547. The summed E-state index contributed by atoms with van der Waals surface area (Å²) in [7, 11) is 0. The molecule has 1 aromatic carbocycles. The first kappa shape index (κ1) is 16.0. The third-order valence-electron chi connectivity index (χ3n) is 2.59. The topological polar surface area (TPSA) is 37.3 Å². The van der Waals surface area contributed by atoms with E-state index < -0.39 is 11.7 Å². The van der Waals surface area contributed by atoms with Crippen molar-refractivity contribution in [3.63, 3.8) is 0 Å². The van der Waals surface area contributed by atoms with Gasteiger partial charge in [-0.1, -0.05) is 48.0 Å². The van der Waals surface area contributed by atoms with Crippen LogP contribution in [0, 0.1) is 0 Å². The molecule has 7 heteroatoms. The lowest BCUT2D eigenvalue weighted by Gasteiger charge is -2.08. The zero-order chi connectivity index (χ0) is 16.0. The van der Waals surface area contributed by atoms with Crippen LogP contribution in [0.15, 0.2) is 53.8 Å². The van der Waals surface area contributed by atoms with Gasteiger partial charge in [-0.15, -0.1) is 0 Å². The molecule has 0 saturated heterocycles. The minimum Gasteiger partial charge on any atom is -0.260 e. The van der Waals surface area contributed by atoms with Gasteiger partial charge < -0.3 is 0 Å². The molecular weight excluding hydrogens is 315 g/mol. The molecule has 22 heavy (non-hydrogen) atoms. The molecule has 114 valence electrons. The van der Waals surface area contributed by atoms with Gasteiger partial charge in [0.1, 0.15) is 0 Å². The van der Waals surface area contributed by atoms with E-state index in [4.69, 9.17) is 11.6 Å². The highest BCUT2D eigenvalue weighted by molar-refractivity contribution is 6.32. The smallest absolute Gasteiger partial charge is 0.260 e. The lowest BCUT2D eigenvalue weighted by Crippen LogP contribution is -2.06. The van der Waals surface area contributed by atoms with Crippen LogP contribution in [0.2, 0.25) is 5.02 Å². The molecule has 2 rings (SSSR count). The maximum absolute atomic E-state index is 12.5. The number of benzene rings is 1. The molecule has 0 aliphatic carbocycles. The van der Waals surface area contributed by atoms with Gasteiger partial charge in [-0.2, -0.15) is 18.3 Å². The number of alkyl halides is 3. The number of hydrogen-bond acceptors (Lipinski definition) is 3. The Labute approximate surface area is 130 Å². The fraction of sp³-hybridized carbons (Fsp3) is 0.0667. The third-order valence-corrected chi connectivity index (χ3v) is 2.88. The molecule has 0 radical (unpaired) electrons. The Morgan fingerprint density at radius 3 is 2.55 bits per heavy atom. The zero-order valence-corrected chi connectivity index (χ0v) is 11.9. The molecule has 0 amide bonds. The molecule has 0 atom stereocenters. The first-order valence-electron chi connectivity index (χ1n) is 6.20. The van der Waals surface area contributed by atoms with Gasteiger partial charge in [-0.05, 0) is 17.7 Å². The molecule has 0 aliphatic heterocycles. The second-order valence-electron chi connectivity index (χ2n) is 4.21. The van der Waals surface area contributed by atoms with Crippen LogP contribution in [0.5, 0.6) is 0 Å². The van der Waals surface area contributed by atoms with Crippen LogP contribution in [0.4, 0.5) is 19.0 Å². The summed E-state index contributed by atoms with van der Waals surface area (Å²) in [5.41, 5.74) is 2.58. The van der Waals surface area contributed by atoms with Gasteiger partial charge in [0.15, 0.2) is 5.82 Å². The maximum atomic E-state index is 12.5. The van der Waals surface area contributed by atoms with Crippen LogP contribution in [0.3, 0.4) is 0 Å². The van der Waals surface area contributed by atoms with Crippen molar-refractivity contribution in [3.8, 4) is 0 Å². The van der Waals surface area contributed by atoms with Crippen molar-refractivity contribution in [2.45, 2.75) is 6.18 Å². The molecular formula is C15H11ClF3N3. The van der Waals surface area contributed by atoms with E-state index in [-0.39, 0.29) is 10.8 Å². The second-order valence-corrected chi connectivity index (χ2v) is 4.62. The normalized spacial score (nSPS) is 12.2. The lowest BCUT2D eigenvalue weighted by atomic mass is 10.2. The highest BCUT2D eigenvalue weighted by Gasteiger charge is 2.31. The summed E-state index contributed by atoms with van der Waals surface area (Å²) < 4.78 is 37.4. The minimum absolute atomic E-state index is 0.0547. The van der Waals surface area contributed by atoms with Gasteiger partial charge in [0.2, 0.25) is 0 Å². The van der Waals surface area contributed by atoms with Crippen LogP contribution in [0.1, 0.15) is 11.1 Å². The predicted octanol–water partition coefficient (Wildman–Crippen LogP) is 4.86. The Morgan fingerprint density at radius 2 is 1.91 bits per heavy atom. The Morgan fingerprint density at radius 1 is 1.18 bits per heavy atom. The molecule has 0 aliphatic rings. The monoisotopic (exact) mass is 325 g/mol. The summed E-state index contributed by atoms with van der Waals surface area (Å²) in [6.45, 7) is 0. The summed E-state index contributed by atoms with van der Waals surface area (Å²) in [6.07, 6.45) is 1.18. The van der Waals surface area contributed by atoms with Crippen molar-refractivity contribution in [2.75, 3.05) is 5.43 Å². The van der Waals surface area contributed by atoms with E-state index in [9.17, 15) is 13.2 Å². The minimum atomic E-state index is -4.48. The molecule has 0 spiro atoms. The molecule has 1 aromatic heterocycles. The van der Waals surface area contributed by atoms with Crippen LogP contribution in [-0.2, 0) is 6.18 Å². The summed E-state index contributed by atoms with van der Waals surface area (Å²) >= 11 is 5.73. The van der Waals surface area contributed by atoms with Gasteiger partial charge in [-0.3, -0.25) is 5.43 Å². The van der Waals surface area contributed by atoms with E-state index in [1.54, 1.807) is 6.08 Å². The molecule has 0 saturated carbocycles. The molecule has 1 N–H and O–H groups in total. The van der Waals surface area contributed by atoms with Crippen LogP contribution < -0.4 is 5.43 Å². The van der Waals surface area contributed by atoms with E-state index in [1.165, 1.54) is 6.21 Å². The first-order valence-corrected chi connectivity index (χ1v) is 6.58. The fourth-order valence-corrected chi connectivity index (χ4v) is 1.74. The van der Waals surface area contributed by atoms with Gasteiger partial charge in [0.05, 0.1) is 10.6 Å². The molecule has 2 aromatic rings. The van der Waals surface area contributed by atoms with Crippen LogP contribution >= 0.6 is 11.6 Å². The number of pyridine rings is 1. The van der Waals surface area contributed by atoms with Gasteiger partial charge >= 0.3 is 6.18 Å². The number of aromatic nitrogens is 1. The van der Waals surface area contributed by atoms with Gasteiger partial charge in [-0.25, -0.2) is 4.98 Å². The summed E-state index contributed by atoms with van der Waals surface area (Å²) in [5, 5.41) is 3.67. The Kier molecular flexibility index (Phi) is 5.16. The molecule has 3 nitrogen and oxygen atoms in total. The van der Waals surface area contributed by atoms with E-state index in [0.29, 0.717) is 6.20 Å². The van der Waals surface area contributed by atoms with E-state index >= 15 is 0 Å². The third kappa shape index (κ3) is 4.60. The summed E-state index contributed by atoms with van der Waals surface area (Å²) in [6, 6.07) is 10.4. The van der Waals surface area contributed by atoms with Crippen LogP contribution in [0.25, 0.3) is 6.08 Å². The van der Waals surface area contributed by atoms with Crippen molar-refractivity contribution < 1.29 is 13.2 Å². The van der Waals surface area contributed by atoms with Crippen molar-refractivity contribution in [2.24, 2.45) is 5.10 Å².